The first-order valence-corrected chi connectivity index (χ1v) is 6.92. The predicted molar refractivity (Wildman–Crippen MR) is 57.9 cm³/mol. The Morgan fingerprint density at radius 2 is 1.43 bits per heavy atom. The molecular weight excluding hydrogens is 168 g/mol. The van der Waals surface area contributed by atoms with E-state index in [2.05, 4.69) is 6.92 Å². The lowest BCUT2D eigenvalue weighted by atomic mass is 9.81. The van der Waals surface area contributed by atoms with Crippen molar-refractivity contribution in [2.45, 2.75) is 58.3 Å². The van der Waals surface area contributed by atoms with Crippen LogP contribution in [-0.4, -0.2) is 0 Å². The van der Waals surface area contributed by atoms with Crippen molar-refractivity contribution in [3.63, 3.8) is 0 Å². The van der Waals surface area contributed by atoms with Gasteiger partial charge in [0.05, 0.1) is 0 Å². The highest BCUT2D eigenvalue weighted by atomic mass is 15.3. The van der Waals surface area contributed by atoms with Gasteiger partial charge in [-0.1, -0.05) is 51.9 Å². The fourth-order valence-electron chi connectivity index (χ4n) is 5.06. The molecule has 0 amide bonds. The summed E-state index contributed by atoms with van der Waals surface area (Å²) in [6.45, 7) is 2.30. The summed E-state index contributed by atoms with van der Waals surface area (Å²) in [5.74, 6) is 3.97. The molecule has 0 aromatic heterocycles. The Hall–Kier alpha value is 0. The maximum atomic E-state index is 2.30. The van der Waals surface area contributed by atoms with Crippen LogP contribution in [0.4, 0.5) is 0 Å². The molecule has 0 aromatic carbocycles. The molecule has 4 fully saturated rings. The molecule has 0 bridgehead atoms. The summed E-state index contributed by atoms with van der Waals surface area (Å²) < 4.78 is 0. The Morgan fingerprint density at radius 3 is 1.93 bits per heavy atom. The molecule has 1 spiro atoms. The molecule has 0 heterocycles. The molecule has 14 heavy (non-hydrogen) atoms. The zero-order valence-corrected chi connectivity index (χ0v) is 9.39. The van der Waals surface area contributed by atoms with E-state index in [1.54, 1.807) is 12.8 Å². The van der Waals surface area contributed by atoms with E-state index in [4.69, 9.17) is 0 Å². The molecule has 0 aliphatic heterocycles. The van der Waals surface area contributed by atoms with E-state index in [0.29, 0.717) is 0 Å². The first-order valence-electron chi connectivity index (χ1n) is 6.92. The summed E-state index contributed by atoms with van der Waals surface area (Å²) >= 11 is 0. The topological polar surface area (TPSA) is 0 Å². The second-order valence-electron chi connectivity index (χ2n) is 6.33. The maximum absolute atomic E-state index is 2.30. The van der Waals surface area contributed by atoms with Crippen molar-refractivity contribution in [2.24, 2.45) is 28.6 Å². The fraction of sp³-hybridized carbons (Fsp3) is 1.00. The van der Waals surface area contributed by atoms with E-state index in [1.165, 1.54) is 56.3 Å². The third-order valence-corrected chi connectivity index (χ3v) is 6.02. The van der Waals surface area contributed by atoms with Gasteiger partial charge in [-0.15, -0.1) is 0 Å². The average Bonchev–Trinajstić information content (AvgIpc) is 2.99. The Morgan fingerprint density at radius 1 is 0.857 bits per heavy atom. The van der Waals surface area contributed by atoms with E-state index in [1.807, 2.05) is 0 Å². The van der Waals surface area contributed by atoms with Gasteiger partial charge in [-0.25, -0.2) is 0 Å². The molecule has 0 saturated heterocycles. The smallest absolute Gasteiger partial charge is 0.0127 e. The van der Waals surface area contributed by atoms with Crippen LogP contribution in [0, 0.1) is 28.6 Å². The molecular formula is C14H22. The highest BCUT2D eigenvalue weighted by molar-refractivity contribution is 5.74. The third-order valence-electron chi connectivity index (χ3n) is 6.02. The lowest BCUT2D eigenvalue weighted by Gasteiger charge is -2.23. The lowest BCUT2D eigenvalue weighted by Crippen LogP contribution is -2.18. The van der Waals surface area contributed by atoms with Gasteiger partial charge >= 0.3 is 0 Å². The third kappa shape index (κ3) is 0.605. The largest absolute Gasteiger partial charge is 0.0654 e. The van der Waals surface area contributed by atoms with E-state index in [-0.39, 0.29) is 0 Å². The number of hydrogen-bond acceptors (Lipinski definition) is 0. The minimum atomic E-state index is 1.06. The summed E-state index contributed by atoms with van der Waals surface area (Å²) in [5.41, 5.74) is 2.16. The fourth-order valence-corrected chi connectivity index (χ4v) is 5.06. The van der Waals surface area contributed by atoms with Crippen LogP contribution in [0.5, 0.6) is 0 Å². The molecule has 0 aromatic rings. The van der Waals surface area contributed by atoms with Crippen LogP contribution >= 0.6 is 0 Å². The zero-order chi connectivity index (χ0) is 9.39. The van der Waals surface area contributed by atoms with Gasteiger partial charge in [-0.3, -0.25) is 0 Å². The molecule has 4 aliphatic carbocycles. The Bertz CT molecular complexity index is 266. The molecule has 4 aliphatic rings. The van der Waals surface area contributed by atoms with Gasteiger partial charge in [-0.2, -0.15) is 0 Å². The van der Waals surface area contributed by atoms with E-state index in [0.717, 1.165) is 10.8 Å². The highest BCUT2D eigenvalue weighted by Crippen LogP contribution is 3.31. The SMILES string of the molecule is CCCCCCCCCC12C3C4C1C432. The van der Waals surface area contributed by atoms with Crippen LogP contribution in [0.3, 0.4) is 0 Å². The molecule has 4 rings (SSSR count). The first-order chi connectivity index (χ1) is 6.92. The van der Waals surface area contributed by atoms with Gasteiger partial charge in [0.2, 0.25) is 0 Å². The molecule has 0 heteroatoms. The number of hydrogen-bond donors (Lipinski definition) is 0. The van der Waals surface area contributed by atoms with Crippen LogP contribution in [-0.2, 0) is 0 Å². The number of unbranched alkanes of at least 4 members (excludes halogenated alkanes) is 6. The molecule has 2 unspecified atom stereocenters. The van der Waals surface area contributed by atoms with Crippen molar-refractivity contribution in [2.75, 3.05) is 0 Å². The van der Waals surface area contributed by atoms with E-state index >= 15 is 0 Å². The van der Waals surface area contributed by atoms with Crippen LogP contribution < -0.4 is 0 Å². The standard InChI is InChI=1S/C14H22/c1-2-3-4-5-6-7-8-9-13-11-10-12(13)14(10,11)13/h10-12H,2-9H2,1H3. The molecule has 4 saturated carbocycles. The Labute approximate surface area is 87.5 Å². The lowest BCUT2D eigenvalue weighted by molar-refractivity contribution is 0.245. The van der Waals surface area contributed by atoms with Gasteiger partial charge < -0.3 is 0 Å². The molecule has 0 radical (unpaired) electrons. The average molecular weight is 190 g/mol. The van der Waals surface area contributed by atoms with Crippen molar-refractivity contribution in [1.29, 1.82) is 0 Å². The Kier molecular flexibility index (Phi) is 1.30. The minimum Gasteiger partial charge on any atom is -0.0654 e. The van der Waals surface area contributed by atoms with Crippen molar-refractivity contribution < 1.29 is 0 Å². The van der Waals surface area contributed by atoms with Gasteiger partial charge in [0.25, 0.3) is 0 Å². The van der Waals surface area contributed by atoms with Crippen LogP contribution in [0.25, 0.3) is 0 Å². The van der Waals surface area contributed by atoms with Crippen molar-refractivity contribution in [3.8, 4) is 0 Å². The summed E-state index contributed by atoms with van der Waals surface area (Å²) in [5, 5.41) is 0. The predicted octanol–water partition coefficient (Wildman–Crippen LogP) is 4.00. The molecule has 78 valence electrons. The normalized spacial score (nSPS) is 57.6. The molecule has 0 N–H and O–H groups in total. The van der Waals surface area contributed by atoms with Crippen LogP contribution in [0.15, 0.2) is 0 Å². The molecule has 2 atom stereocenters. The van der Waals surface area contributed by atoms with Gasteiger partial charge in [0.1, 0.15) is 0 Å². The van der Waals surface area contributed by atoms with Crippen molar-refractivity contribution in [1.82, 2.24) is 0 Å². The van der Waals surface area contributed by atoms with Crippen LogP contribution in [0.1, 0.15) is 58.3 Å². The summed E-state index contributed by atoms with van der Waals surface area (Å²) in [6, 6.07) is 0. The van der Waals surface area contributed by atoms with E-state index in [9.17, 15) is 0 Å². The summed E-state index contributed by atoms with van der Waals surface area (Å²) in [7, 11) is 0. The van der Waals surface area contributed by atoms with Crippen LogP contribution in [0.2, 0.25) is 0 Å². The maximum Gasteiger partial charge on any atom is -0.0127 e. The monoisotopic (exact) mass is 190 g/mol. The Balaban J connectivity index is 1.05. The second kappa shape index (κ2) is 2.23. The van der Waals surface area contributed by atoms with Crippen molar-refractivity contribution >= 4 is 0 Å². The van der Waals surface area contributed by atoms with E-state index < -0.39 is 0 Å². The van der Waals surface area contributed by atoms with Gasteiger partial charge in [0.15, 0.2) is 0 Å². The highest BCUT2D eigenvalue weighted by Gasteiger charge is 3.28. The number of fused-ring (bicyclic) bond motifs is 4. The summed E-state index contributed by atoms with van der Waals surface area (Å²) in [4.78, 5) is 0. The van der Waals surface area contributed by atoms with Crippen molar-refractivity contribution in [3.05, 3.63) is 0 Å². The second-order valence-corrected chi connectivity index (χ2v) is 6.33. The first kappa shape index (κ1) is 8.19. The van der Waals surface area contributed by atoms with Gasteiger partial charge in [0, 0.05) is 0 Å². The molecule has 0 nitrogen and oxygen atoms in total. The number of rotatable bonds is 8. The van der Waals surface area contributed by atoms with Gasteiger partial charge in [-0.05, 0) is 35.0 Å². The summed E-state index contributed by atoms with van der Waals surface area (Å²) in [6.07, 6.45) is 12.1. The quantitative estimate of drug-likeness (QED) is 0.507. The minimum absolute atomic E-state index is 1.06. The zero-order valence-electron chi connectivity index (χ0n) is 9.39.